The molecule has 1 aliphatic rings. The van der Waals surface area contributed by atoms with Gasteiger partial charge in [0.2, 0.25) is 0 Å². The van der Waals surface area contributed by atoms with E-state index in [1.165, 1.54) is 16.9 Å². The first-order valence-corrected chi connectivity index (χ1v) is 14.9. The minimum atomic E-state index is -1.18. The first-order chi connectivity index (χ1) is 15.1. The molecule has 0 bridgehead atoms. The van der Waals surface area contributed by atoms with Crippen molar-refractivity contribution in [2.24, 2.45) is 0 Å². The fraction of sp³-hybridized carbons (Fsp3) is 0.591. The van der Waals surface area contributed by atoms with E-state index in [2.05, 4.69) is 35.0 Å². The molecule has 8 nitrogen and oxygen atoms in total. The van der Waals surface area contributed by atoms with Crippen LogP contribution in [0.3, 0.4) is 0 Å². The number of para-hydroxylation sites is 1. The maximum Gasteiger partial charge on any atom is 0.311 e. The van der Waals surface area contributed by atoms with Gasteiger partial charge in [0.25, 0.3) is 0 Å². The van der Waals surface area contributed by atoms with Gasteiger partial charge in [-0.1, -0.05) is 31.8 Å². The molecule has 0 aliphatic carbocycles. The van der Waals surface area contributed by atoms with E-state index in [0.29, 0.717) is 24.5 Å². The van der Waals surface area contributed by atoms with E-state index >= 15 is 0 Å². The molecule has 32 heavy (non-hydrogen) atoms. The van der Waals surface area contributed by atoms with Crippen LogP contribution in [0.2, 0.25) is 25.7 Å². The maximum atomic E-state index is 14.3. The predicted molar refractivity (Wildman–Crippen MR) is 126 cm³/mol. The van der Waals surface area contributed by atoms with Crippen molar-refractivity contribution in [3.8, 4) is 0 Å². The number of piperidine rings is 1. The Hall–Kier alpha value is -2.30. The van der Waals surface area contributed by atoms with Gasteiger partial charge in [0.1, 0.15) is 18.7 Å². The van der Waals surface area contributed by atoms with Gasteiger partial charge in [-0.3, -0.25) is 10.1 Å². The number of nitrogens with zero attached hydrogens (tertiary/aromatic N) is 4. The Labute approximate surface area is 189 Å². The Morgan fingerprint density at radius 3 is 2.66 bits per heavy atom. The Bertz CT molecular complexity index is 903. The van der Waals surface area contributed by atoms with Crippen LogP contribution in [0.4, 0.5) is 15.8 Å². The summed E-state index contributed by atoms with van der Waals surface area (Å²) in [6.45, 7) is 11.4. The number of nitro groups is 1. The van der Waals surface area contributed by atoms with Crippen molar-refractivity contribution >= 4 is 19.4 Å². The van der Waals surface area contributed by atoms with Crippen LogP contribution in [0.15, 0.2) is 24.4 Å². The van der Waals surface area contributed by atoms with E-state index in [1.54, 1.807) is 6.07 Å². The van der Waals surface area contributed by atoms with Crippen LogP contribution in [-0.4, -0.2) is 48.5 Å². The fourth-order valence-electron chi connectivity index (χ4n) is 3.90. The first-order valence-electron chi connectivity index (χ1n) is 11.2. The second-order valence-electron chi connectivity index (χ2n) is 9.65. The van der Waals surface area contributed by atoms with Crippen LogP contribution >= 0.6 is 0 Å². The number of hydrogen-bond donors (Lipinski definition) is 1. The molecule has 3 rings (SSSR count). The van der Waals surface area contributed by atoms with E-state index < -0.39 is 13.0 Å². The van der Waals surface area contributed by atoms with Gasteiger partial charge in [-0.25, -0.2) is 9.07 Å². The summed E-state index contributed by atoms with van der Waals surface area (Å²) < 4.78 is 21.4. The Balaban J connectivity index is 1.52. The van der Waals surface area contributed by atoms with E-state index in [9.17, 15) is 14.5 Å². The molecular formula is C22H34FN5O3Si. The molecule has 0 atom stereocenters. The van der Waals surface area contributed by atoms with Crippen molar-refractivity contribution < 1.29 is 14.1 Å². The van der Waals surface area contributed by atoms with Crippen LogP contribution in [-0.2, 0) is 18.0 Å². The standard InChI is InChI=1S/C22H34FN5O3Si/c1-17-6-5-7-19(23)22(17)26-10-8-18(9-11-26)24-14-20-21(28(29)30)15-27(25-20)16-31-12-13-32(2,3)4/h5-7,15,18,24H,8-14,16H2,1-4H3. The van der Waals surface area contributed by atoms with E-state index in [1.807, 2.05) is 13.0 Å². The highest BCUT2D eigenvalue weighted by atomic mass is 28.3. The number of ether oxygens (including phenoxy) is 1. The van der Waals surface area contributed by atoms with Gasteiger partial charge in [-0.2, -0.15) is 5.10 Å². The molecule has 0 radical (unpaired) electrons. The highest BCUT2D eigenvalue weighted by Gasteiger charge is 2.24. The molecule has 10 heteroatoms. The highest BCUT2D eigenvalue weighted by molar-refractivity contribution is 6.76. The number of benzene rings is 1. The third kappa shape index (κ3) is 6.60. The summed E-state index contributed by atoms with van der Waals surface area (Å²) in [5.41, 5.74) is 2.03. The average molecular weight is 464 g/mol. The van der Waals surface area contributed by atoms with Crippen LogP contribution in [0.25, 0.3) is 0 Å². The van der Waals surface area contributed by atoms with Crippen molar-refractivity contribution in [3.63, 3.8) is 0 Å². The van der Waals surface area contributed by atoms with Gasteiger partial charge in [-0.05, 0) is 37.4 Å². The van der Waals surface area contributed by atoms with Crippen LogP contribution in [0.1, 0.15) is 24.1 Å². The van der Waals surface area contributed by atoms with E-state index in [4.69, 9.17) is 4.74 Å². The van der Waals surface area contributed by atoms with Gasteiger partial charge < -0.3 is 15.0 Å². The van der Waals surface area contributed by atoms with Crippen molar-refractivity contribution in [1.82, 2.24) is 15.1 Å². The summed E-state index contributed by atoms with van der Waals surface area (Å²) in [4.78, 5) is 13.1. The molecule has 0 amide bonds. The summed E-state index contributed by atoms with van der Waals surface area (Å²) in [5.74, 6) is -0.190. The molecule has 1 aromatic carbocycles. The van der Waals surface area contributed by atoms with Crippen LogP contribution in [0, 0.1) is 22.9 Å². The second kappa shape index (κ2) is 10.5. The Kier molecular flexibility index (Phi) is 8.02. The molecule has 1 N–H and O–H groups in total. The van der Waals surface area contributed by atoms with Crippen molar-refractivity contribution in [1.29, 1.82) is 0 Å². The van der Waals surface area contributed by atoms with E-state index in [-0.39, 0.29) is 24.3 Å². The number of nitrogens with one attached hydrogen (secondary N) is 1. The third-order valence-electron chi connectivity index (χ3n) is 5.79. The molecule has 1 saturated heterocycles. The summed E-state index contributed by atoms with van der Waals surface area (Å²) >= 11 is 0. The zero-order valence-electron chi connectivity index (χ0n) is 19.4. The summed E-state index contributed by atoms with van der Waals surface area (Å²) in [5, 5.41) is 19.2. The quantitative estimate of drug-likeness (QED) is 0.245. The topological polar surface area (TPSA) is 85.5 Å². The molecule has 0 spiro atoms. The number of hydrogen-bond acceptors (Lipinski definition) is 6. The first kappa shape index (κ1) is 24.3. The molecule has 2 aromatic rings. The van der Waals surface area contributed by atoms with Crippen LogP contribution < -0.4 is 10.2 Å². The molecule has 176 valence electrons. The molecule has 1 aromatic heterocycles. The van der Waals surface area contributed by atoms with Crippen molar-refractivity contribution in [2.75, 3.05) is 24.6 Å². The third-order valence-corrected chi connectivity index (χ3v) is 7.49. The fourth-order valence-corrected chi connectivity index (χ4v) is 4.66. The number of aromatic nitrogens is 2. The minimum Gasteiger partial charge on any atom is -0.369 e. The zero-order chi connectivity index (χ0) is 23.3. The van der Waals surface area contributed by atoms with Gasteiger partial charge in [0, 0.05) is 40.4 Å². The van der Waals surface area contributed by atoms with Gasteiger partial charge in [0.05, 0.1) is 10.6 Å². The van der Waals surface area contributed by atoms with Gasteiger partial charge in [0.15, 0.2) is 5.69 Å². The van der Waals surface area contributed by atoms with E-state index in [0.717, 1.165) is 37.5 Å². The Morgan fingerprint density at radius 1 is 1.31 bits per heavy atom. The molecule has 0 saturated carbocycles. The highest BCUT2D eigenvalue weighted by Crippen LogP contribution is 2.27. The SMILES string of the molecule is Cc1cccc(F)c1N1CCC(NCc2nn(COCC[Si](C)(C)C)cc2[N+](=O)[O-])CC1. The monoisotopic (exact) mass is 463 g/mol. The lowest BCUT2D eigenvalue weighted by Gasteiger charge is -2.35. The number of halogens is 1. The lowest BCUT2D eigenvalue weighted by molar-refractivity contribution is -0.385. The largest absolute Gasteiger partial charge is 0.369 e. The Morgan fingerprint density at radius 2 is 2.03 bits per heavy atom. The molecular weight excluding hydrogens is 429 g/mol. The molecule has 0 unspecified atom stereocenters. The smallest absolute Gasteiger partial charge is 0.311 e. The molecule has 1 aliphatic heterocycles. The lowest BCUT2D eigenvalue weighted by atomic mass is 10.0. The minimum absolute atomic E-state index is 0.00529. The number of rotatable bonds is 10. The summed E-state index contributed by atoms with van der Waals surface area (Å²) in [7, 11) is -1.18. The molecule has 1 fully saturated rings. The van der Waals surface area contributed by atoms with Gasteiger partial charge in [-0.15, -0.1) is 0 Å². The normalized spacial score (nSPS) is 15.3. The summed E-state index contributed by atoms with van der Waals surface area (Å²) in [6.07, 6.45) is 3.11. The summed E-state index contributed by atoms with van der Waals surface area (Å²) in [6, 6.07) is 6.39. The zero-order valence-corrected chi connectivity index (χ0v) is 20.4. The number of aryl methyl sites for hydroxylation is 1. The molecule has 2 heterocycles. The maximum absolute atomic E-state index is 14.3. The lowest BCUT2D eigenvalue weighted by Crippen LogP contribution is -2.43. The van der Waals surface area contributed by atoms with Crippen molar-refractivity contribution in [3.05, 3.63) is 51.6 Å². The van der Waals surface area contributed by atoms with Gasteiger partial charge >= 0.3 is 5.69 Å². The second-order valence-corrected chi connectivity index (χ2v) is 15.3. The number of anilines is 1. The predicted octanol–water partition coefficient (Wildman–Crippen LogP) is 4.31. The van der Waals surface area contributed by atoms with Crippen LogP contribution in [0.5, 0.6) is 0 Å². The van der Waals surface area contributed by atoms with Crippen molar-refractivity contribution in [2.45, 2.75) is 64.8 Å². The average Bonchev–Trinajstić information content (AvgIpc) is 3.13.